The molecule has 0 heterocycles. The predicted octanol–water partition coefficient (Wildman–Crippen LogP) is 2.40. The molecule has 0 bridgehead atoms. The summed E-state index contributed by atoms with van der Waals surface area (Å²) in [6.07, 6.45) is 20.3. The molecule has 0 aliphatic rings. The third-order valence-corrected chi connectivity index (χ3v) is 4.69. The second-order valence-electron chi connectivity index (χ2n) is 6.95. The van der Waals surface area contributed by atoms with Crippen LogP contribution in [-0.2, 0) is 24.1 Å². The molecule has 0 radical (unpaired) electrons. The Kier molecular flexibility index (Phi) is 23.3. The molecule has 8 heteroatoms. The normalized spacial score (nSPS) is 11.4. The van der Waals surface area contributed by atoms with Crippen LogP contribution in [0.25, 0.3) is 0 Å². The van der Waals surface area contributed by atoms with Gasteiger partial charge in [0, 0.05) is 6.92 Å². The molecule has 0 saturated carbocycles. The Hall–Kier alpha value is -0.0800. The van der Waals surface area contributed by atoms with Crippen LogP contribution in [0.2, 0.25) is 0 Å². The predicted molar refractivity (Wildman–Crippen MR) is 106 cm³/mol. The number of unbranched alkanes of at least 4 members (excludes halogenated alkanes) is 14. The number of carbonyl (C=O) groups excluding carboxylic acids is 1. The van der Waals surface area contributed by atoms with Crippen LogP contribution < -0.4 is 29.6 Å². The van der Waals surface area contributed by atoms with Crippen molar-refractivity contribution < 1.29 is 56.2 Å². The van der Waals surface area contributed by atoms with Crippen LogP contribution in [0.4, 0.5) is 0 Å². The summed E-state index contributed by atoms with van der Waals surface area (Å²) in [6, 6.07) is 0. The van der Waals surface area contributed by atoms with Crippen molar-refractivity contribution in [2.75, 3.05) is 6.61 Å². The zero-order valence-corrected chi connectivity index (χ0v) is 20.6. The maximum absolute atomic E-state index is 10.6. The molecule has 0 unspecified atom stereocenters. The molecule has 0 fully saturated rings. The number of hydrogen-bond donors (Lipinski definition) is 0. The van der Waals surface area contributed by atoms with Gasteiger partial charge in [-0.05, 0) is 25.3 Å². The van der Waals surface area contributed by atoms with Gasteiger partial charge in [0.2, 0.25) is 0 Å². The molecule has 0 amide bonds. The van der Waals surface area contributed by atoms with E-state index in [0.717, 1.165) is 38.4 Å². The fourth-order valence-corrected chi connectivity index (χ4v) is 3.09. The zero-order chi connectivity index (χ0) is 20.2. The van der Waals surface area contributed by atoms with E-state index in [4.69, 9.17) is 4.74 Å². The maximum Gasteiger partial charge on any atom is 1.00 e. The van der Waals surface area contributed by atoms with E-state index in [1.807, 2.05) is 0 Å². The van der Waals surface area contributed by atoms with E-state index in [-0.39, 0.29) is 35.5 Å². The second kappa shape index (κ2) is 21.6. The molecular formula is C20H37NaO6S. The molecule has 0 aromatic rings. The van der Waals surface area contributed by atoms with Crippen molar-refractivity contribution in [2.45, 2.75) is 103 Å². The average molecular weight is 429 g/mol. The van der Waals surface area contributed by atoms with E-state index in [2.05, 4.69) is 4.18 Å². The van der Waals surface area contributed by atoms with E-state index in [1.54, 1.807) is 6.08 Å². The summed E-state index contributed by atoms with van der Waals surface area (Å²) in [5.41, 5.74) is 0. The van der Waals surface area contributed by atoms with Gasteiger partial charge in [0.1, 0.15) is 6.26 Å². The van der Waals surface area contributed by atoms with Gasteiger partial charge in [-0.25, -0.2) is 8.42 Å². The van der Waals surface area contributed by atoms with Crippen molar-refractivity contribution in [3.8, 4) is 0 Å². The fourth-order valence-electron chi connectivity index (χ4n) is 2.88. The van der Waals surface area contributed by atoms with Crippen molar-refractivity contribution in [2.24, 2.45) is 0 Å². The first-order valence-corrected chi connectivity index (χ1v) is 11.7. The van der Waals surface area contributed by atoms with E-state index < -0.39 is 10.4 Å². The van der Waals surface area contributed by atoms with E-state index >= 15 is 0 Å². The van der Waals surface area contributed by atoms with Gasteiger partial charge in [-0.15, -0.1) is 0 Å². The largest absolute Gasteiger partial charge is 1.00 e. The summed E-state index contributed by atoms with van der Waals surface area (Å²) >= 11 is 0. The van der Waals surface area contributed by atoms with Crippen LogP contribution in [0.1, 0.15) is 103 Å². The molecule has 28 heavy (non-hydrogen) atoms. The number of rotatable bonds is 19. The third kappa shape index (κ3) is 28.1. The summed E-state index contributed by atoms with van der Waals surface area (Å²) in [5.74, 6) is -0.186. The molecule has 0 aromatic heterocycles. The van der Waals surface area contributed by atoms with E-state index in [1.165, 1.54) is 71.1 Å². The van der Waals surface area contributed by atoms with E-state index in [0.29, 0.717) is 6.61 Å². The van der Waals surface area contributed by atoms with Crippen LogP contribution in [0.5, 0.6) is 0 Å². The minimum absolute atomic E-state index is 0. The SMILES string of the molecule is CC(=O)OCCCCCCCCCCCCCCCCC=COS(=O)(=O)[O-].[Na+]. The van der Waals surface area contributed by atoms with Crippen molar-refractivity contribution in [1.29, 1.82) is 0 Å². The third-order valence-electron chi connectivity index (χ3n) is 4.34. The van der Waals surface area contributed by atoms with Crippen LogP contribution in [-0.4, -0.2) is 25.5 Å². The van der Waals surface area contributed by atoms with Crippen LogP contribution >= 0.6 is 0 Å². The number of esters is 1. The first-order valence-electron chi connectivity index (χ1n) is 10.3. The number of ether oxygens (including phenoxy) is 1. The topological polar surface area (TPSA) is 92.7 Å². The Balaban J connectivity index is 0. The minimum Gasteiger partial charge on any atom is -0.716 e. The number of hydrogen-bond acceptors (Lipinski definition) is 6. The Morgan fingerprint density at radius 3 is 1.57 bits per heavy atom. The molecule has 0 spiro atoms. The first kappa shape index (κ1) is 30.1. The van der Waals surface area contributed by atoms with Crippen LogP contribution in [0.15, 0.2) is 12.3 Å². The molecule has 0 aliphatic heterocycles. The van der Waals surface area contributed by atoms with Gasteiger partial charge in [-0.1, -0.05) is 77.0 Å². The molecule has 0 aromatic carbocycles. The second-order valence-corrected chi connectivity index (χ2v) is 7.96. The quantitative estimate of drug-likeness (QED) is 0.0783. The summed E-state index contributed by atoms with van der Waals surface area (Å²) in [7, 11) is -4.60. The van der Waals surface area contributed by atoms with Gasteiger partial charge in [0.05, 0.1) is 6.61 Å². The standard InChI is InChI=1S/C20H38O6S.Na/c1-20(21)25-18-16-14-12-10-8-6-4-2-3-5-7-9-11-13-15-17-19-26-27(22,23)24;/h17,19H,2-16,18H2,1H3,(H,22,23,24);/q;+1/p-1. The van der Waals surface area contributed by atoms with Crippen molar-refractivity contribution in [3.63, 3.8) is 0 Å². The monoisotopic (exact) mass is 428 g/mol. The van der Waals surface area contributed by atoms with Gasteiger partial charge >= 0.3 is 35.5 Å². The van der Waals surface area contributed by atoms with Crippen molar-refractivity contribution in [3.05, 3.63) is 12.3 Å². The van der Waals surface area contributed by atoms with Gasteiger partial charge in [0.15, 0.2) is 0 Å². The Morgan fingerprint density at radius 2 is 1.18 bits per heavy atom. The molecule has 0 atom stereocenters. The Bertz CT molecular complexity index is 479. The summed E-state index contributed by atoms with van der Waals surface area (Å²) < 4.78 is 39.5. The molecular weight excluding hydrogens is 391 g/mol. The molecule has 0 N–H and O–H groups in total. The molecule has 0 rings (SSSR count). The smallest absolute Gasteiger partial charge is 0.716 e. The summed E-state index contributed by atoms with van der Waals surface area (Å²) in [4.78, 5) is 10.6. The number of allylic oxidation sites excluding steroid dienone is 1. The molecule has 6 nitrogen and oxygen atoms in total. The van der Waals surface area contributed by atoms with Crippen molar-refractivity contribution >= 4 is 16.4 Å². The Labute approximate surface area is 194 Å². The molecule has 160 valence electrons. The molecule has 0 saturated heterocycles. The number of carbonyl (C=O) groups is 1. The van der Waals surface area contributed by atoms with Gasteiger partial charge < -0.3 is 13.5 Å². The Morgan fingerprint density at radius 1 is 0.786 bits per heavy atom. The zero-order valence-electron chi connectivity index (χ0n) is 17.8. The van der Waals surface area contributed by atoms with Gasteiger partial charge in [-0.2, -0.15) is 0 Å². The van der Waals surface area contributed by atoms with E-state index in [9.17, 15) is 17.8 Å². The van der Waals surface area contributed by atoms with Gasteiger partial charge in [-0.3, -0.25) is 4.79 Å². The summed E-state index contributed by atoms with van der Waals surface area (Å²) in [5, 5.41) is 0. The van der Waals surface area contributed by atoms with Gasteiger partial charge in [0.25, 0.3) is 10.4 Å². The first-order chi connectivity index (χ1) is 12.9. The van der Waals surface area contributed by atoms with Crippen LogP contribution in [0.3, 0.4) is 0 Å². The fraction of sp³-hybridized carbons (Fsp3) is 0.850. The maximum atomic E-state index is 10.6. The minimum atomic E-state index is -4.60. The average Bonchev–Trinajstić information content (AvgIpc) is 2.58. The summed E-state index contributed by atoms with van der Waals surface area (Å²) in [6.45, 7) is 2.01. The van der Waals surface area contributed by atoms with Crippen molar-refractivity contribution in [1.82, 2.24) is 0 Å². The molecule has 0 aliphatic carbocycles. The van der Waals surface area contributed by atoms with Crippen LogP contribution in [0, 0.1) is 0 Å².